The van der Waals surface area contributed by atoms with E-state index in [1.807, 2.05) is 0 Å². The fourth-order valence-corrected chi connectivity index (χ4v) is 5.24. The molecule has 3 saturated heterocycles. The van der Waals surface area contributed by atoms with Crippen molar-refractivity contribution >= 4 is 11.9 Å². The van der Waals surface area contributed by atoms with Gasteiger partial charge in [-0.1, -0.05) is 0 Å². The zero-order valence-electron chi connectivity index (χ0n) is 22.3. The summed E-state index contributed by atoms with van der Waals surface area (Å²) in [7, 11) is 0. The van der Waals surface area contributed by atoms with Gasteiger partial charge < -0.3 is 92.0 Å². The maximum Gasteiger partial charge on any atom is 0.323 e. The topological polar surface area (TPSA) is 361 Å². The van der Waals surface area contributed by atoms with Crippen molar-refractivity contribution in [3.05, 3.63) is 0 Å². The lowest BCUT2D eigenvalue weighted by atomic mass is 9.67. The summed E-state index contributed by atoms with van der Waals surface area (Å²) in [5, 5.41) is 102. The van der Waals surface area contributed by atoms with Crippen LogP contribution in [0.5, 0.6) is 0 Å². The minimum absolute atomic E-state index is 0.624. The minimum Gasteiger partial charge on any atom is -0.480 e. The Morgan fingerprint density at radius 2 is 1.21 bits per heavy atom. The lowest BCUT2D eigenvalue weighted by molar-refractivity contribution is -0.370. The van der Waals surface area contributed by atoms with Gasteiger partial charge in [0.25, 0.3) is 0 Å². The molecule has 3 rings (SSSR count). The van der Waals surface area contributed by atoms with E-state index in [1.165, 1.54) is 0 Å². The number of carboxylic acid groups (broad SMARTS) is 2. The van der Waals surface area contributed by atoms with E-state index in [4.69, 9.17) is 40.9 Å². The van der Waals surface area contributed by atoms with Crippen molar-refractivity contribution in [2.75, 3.05) is 19.8 Å². The molecule has 244 valence electrons. The normalized spacial score (nSPS) is 46.8. The van der Waals surface area contributed by atoms with Gasteiger partial charge in [-0.25, -0.2) is 0 Å². The third kappa shape index (κ3) is 5.63. The first-order valence-corrected chi connectivity index (χ1v) is 12.8. The molecule has 2 unspecified atom stereocenters. The fourth-order valence-electron chi connectivity index (χ4n) is 5.24. The van der Waals surface area contributed by atoms with Gasteiger partial charge in [0.1, 0.15) is 54.4 Å². The minimum atomic E-state index is -3.07. The van der Waals surface area contributed by atoms with Crippen molar-refractivity contribution in [2.24, 2.45) is 22.6 Å². The molecule has 3 fully saturated rings. The van der Waals surface area contributed by atoms with E-state index in [0.29, 0.717) is 6.92 Å². The number of aliphatic hydroxyl groups is 8. The van der Waals surface area contributed by atoms with E-state index in [9.17, 15) is 60.7 Å². The van der Waals surface area contributed by atoms with Crippen molar-refractivity contribution in [3.8, 4) is 0 Å². The summed E-state index contributed by atoms with van der Waals surface area (Å²) in [6, 6.07) is -4.64. The van der Waals surface area contributed by atoms with Gasteiger partial charge in [-0.05, 0) is 6.92 Å². The standard InChI is InChI=1S/C22H39N3O17/c1-21(19(34)35,20(36)37)22(4-28)15(32)12(31)9(25)18(42-22)41-14-6(3-27)39-17(8(24)11(14)30)40-13-5(2-26)38-16(33)7(23)10(13)29/h5-18,26-33H,2-4,23-25H2,1H3,(H,34,35)(H,36,37)/t5-,6-,7-,8-,9-,10-,11-,12-,13?,14?,15+,16-,17+,18+,22-/m1/s1. The zero-order valence-corrected chi connectivity index (χ0v) is 22.3. The molecule has 0 aromatic rings. The molecule has 0 aliphatic carbocycles. The lowest BCUT2D eigenvalue weighted by Crippen LogP contribution is -2.76. The van der Waals surface area contributed by atoms with Crippen LogP contribution in [0.25, 0.3) is 0 Å². The van der Waals surface area contributed by atoms with Crippen molar-refractivity contribution in [1.29, 1.82) is 0 Å². The summed E-state index contributed by atoms with van der Waals surface area (Å²) >= 11 is 0. The highest BCUT2D eigenvalue weighted by molar-refractivity contribution is 5.99. The Bertz CT molecular complexity index is 945. The summed E-state index contributed by atoms with van der Waals surface area (Å²) in [6.45, 7) is -2.48. The number of hydrogen-bond donors (Lipinski definition) is 13. The Morgan fingerprint density at radius 1 is 0.762 bits per heavy atom. The van der Waals surface area contributed by atoms with Gasteiger partial charge in [0.2, 0.25) is 0 Å². The molecule has 0 spiro atoms. The van der Waals surface area contributed by atoms with E-state index in [0.717, 1.165) is 0 Å². The number of nitrogens with two attached hydrogens (primary N) is 3. The van der Waals surface area contributed by atoms with Crippen LogP contribution in [0.4, 0.5) is 0 Å². The first kappa shape index (κ1) is 34.8. The molecule has 0 amide bonds. The molecule has 0 aromatic heterocycles. The highest BCUT2D eigenvalue weighted by atomic mass is 16.7. The molecule has 20 heteroatoms. The van der Waals surface area contributed by atoms with E-state index >= 15 is 0 Å². The van der Waals surface area contributed by atoms with Gasteiger partial charge in [0.05, 0.1) is 37.9 Å². The number of rotatable bonds is 10. The van der Waals surface area contributed by atoms with Gasteiger partial charge in [0.15, 0.2) is 24.3 Å². The number of aliphatic hydroxyl groups excluding tert-OH is 8. The quantitative estimate of drug-likeness (QED) is 0.101. The van der Waals surface area contributed by atoms with E-state index in [-0.39, 0.29) is 0 Å². The largest absolute Gasteiger partial charge is 0.480 e. The van der Waals surface area contributed by atoms with Crippen molar-refractivity contribution in [1.82, 2.24) is 0 Å². The lowest BCUT2D eigenvalue weighted by Gasteiger charge is -2.54. The van der Waals surface area contributed by atoms with Gasteiger partial charge in [-0.15, -0.1) is 0 Å². The number of aliphatic carboxylic acids is 2. The molecule has 15 atom stereocenters. The second-order valence-corrected chi connectivity index (χ2v) is 10.6. The van der Waals surface area contributed by atoms with Gasteiger partial charge in [-0.2, -0.15) is 0 Å². The number of ether oxygens (including phenoxy) is 5. The predicted molar refractivity (Wildman–Crippen MR) is 129 cm³/mol. The Hall–Kier alpha value is -1.70. The molecule has 16 N–H and O–H groups in total. The summed E-state index contributed by atoms with van der Waals surface area (Å²) in [5.74, 6) is -4.11. The smallest absolute Gasteiger partial charge is 0.323 e. The molecule has 20 nitrogen and oxygen atoms in total. The summed E-state index contributed by atoms with van der Waals surface area (Å²) in [6.07, 6.45) is -19.2. The molecule has 0 bridgehead atoms. The van der Waals surface area contributed by atoms with E-state index in [2.05, 4.69) is 0 Å². The monoisotopic (exact) mass is 617 g/mol. The highest BCUT2D eigenvalue weighted by Crippen LogP contribution is 2.44. The highest BCUT2D eigenvalue weighted by Gasteiger charge is 2.69. The molecule has 42 heavy (non-hydrogen) atoms. The van der Waals surface area contributed by atoms with Crippen LogP contribution < -0.4 is 17.2 Å². The molecule has 0 saturated carbocycles. The van der Waals surface area contributed by atoms with Crippen LogP contribution in [-0.2, 0) is 33.3 Å². The van der Waals surface area contributed by atoms with E-state index < -0.39 is 129 Å². The Labute approximate surface area is 237 Å². The molecule has 3 aliphatic rings. The molecule has 3 aliphatic heterocycles. The van der Waals surface area contributed by atoms with Gasteiger partial charge in [0, 0.05) is 0 Å². The van der Waals surface area contributed by atoms with E-state index in [1.54, 1.807) is 0 Å². The van der Waals surface area contributed by atoms with Crippen LogP contribution in [0, 0.1) is 5.41 Å². The second-order valence-electron chi connectivity index (χ2n) is 10.6. The average molecular weight is 618 g/mol. The fraction of sp³-hybridized carbons (Fsp3) is 0.909. The molecular formula is C22H39N3O17. The second kappa shape index (κ2) is 13.1. The van der Waals surface area contributed by atoms with Crippen molar-refractivity contribution < 1.29 is 84.3 Å². The van der Waals surface area contributed by atoms with Crippen LogP contribution in [0.3, 0.4) is 0 Å². The third-order valence-electron chi connectivity index (χ3n) is 8.18. The summed E-state index contributed by atoms with van der Waals surface area (Å²) < 4.78 is 27.5. The SMILES string of the molecule is CC(C(=O)O)(C(=O)O)[C@]1(CO)O[C@H](OC2[C@@H](CO)O[C@@H](OC3[C@@H](CO)O[C@@H](O)[C@H](N)[C@H]3O)[C@H](N)[C@H]2O)[C@H](N)[C@@H](O)[C@@H]1O. The first-order chi connectivity index (χ1) is 19.5. The van der Waals surface area contributed by atoms with Crippen LogP contribution in [0.2, 0.25) is 0 Å². The van der Waals surface area contributed by atoms with Crippen LogP contribution in [0.1, 0.15) is 6.92 Å². The average Bonchev–Trinajstić information content (AvgIpc) is 2.96. The molecular weight excluding hydrogens is 578 g/mol. The van der Waals surface area contributed by atoms with Gasteiger partial charge in [-0.3, -0.25) is 9.59 Å². The van der Waals surface area contributed by atoms with Crippen LogP contribution in [-0.4, -0.2) is 174 Å². The molecule has 3 heterocycles. The third-order valence-corrected chi connectivity index (χ3v) is 8.18. The van der Waals surface area contributed by atoms with Crippen molar-refractivity contribution in [2.45, 2.75) is 98.4 Å². The maximum absolute atomic E-state index is 12.0. The Balaban J connectivity index is 1.87. The first-order valence-electron chi connectivity index (χ1n) is 12.8. The Morgan fingerprint density at radius 3 is 1.69 bits per heavy atom. The molecule has 0 aromatic carbocycles. The zero-order chi connectivity index (χ0) is 31.9. The predicted octanol–water partition coefficient (Wildman–Crippen LogP) is -8.13. The number of carboxylic acids is 2. The molecule has 0 radical (unpaired) electrons. The summed E-state index contributed by atoms with van der Waals surface area (Å²) in [4.78, 5) is 24.1. The maximum atomic E-state index is 12.0. The van der Waals surface area contributed by atoms with Crippen molar-refractivity contribution in [3.63, 3.8) is 0 Å². The summed E-state index contributed by atoms with van der Waals surface area (Å²) in [5.41, 5.74) is 11.7. The van der Waals surface area contributed by atoms with Crippen LogP contribution >= 0.6 is 0 Å². The number of hydrogen-bond acceptors (Lipinski definition) is 18. The Kier molecular flexibility index (Phi) is 10.9. The van der Waals surface area contributed by atoms with Gasteiger partial charge >= 0.3 is 11.9 Å². The van der Waals surface area contributed by atoms with Crippen LogP contribution in [0.15, 0.2) is 0 Å². The number of carbonyl (C=O) groups is 2.